The molecule has 11 heteroatoms. The van der Waals surface area contributed by atoms with Gasteiger partial charge in [-0.1, -0.05) is 44.3 Å². The molecule has 0 aromatic carbocycles. The molecule has 4 aliphatic carbocycles. The first-order valence-electron chi connectivity index (χ1n) is 15.8. The lowest BCUT2D eigenvalue weighted by atomic mass is 9.46. The Morgan fingerprint density at radius 1 is 1.07 bits per heavy atom. The molecule has 0 aromatic heterocycles. The van der Waals surface area contributed by atoms with Crippen molar-refractivity contribution >= 4 is 29.5 Å². The lowest BCUT2D eigenvalue weighted by Gasteiger charge is -2.58. The van der Waals surface area contributed by atoms with Crippen molar-refractivity contribution in [3.63, 3.8) is 0 Å². The van der Waals surface area contributed by atoms with E-state index in [0.717, 1.165) is 44.2 Å². The SMILES string of the molecule is C#C[C@@]1(O)CC[C@@H]2[C@@H]3CCC4=C/C(=N\OCC(=O)N[C@H](C(=O)N[C@H](CCC(=O)O)C(=O)O)C(C)C)CC[C@]4(C)[C@H]3CC[C@@]21C. The van der Waals surface area contributed by atoms with Crippen molar-refractivity contribution in [1.82, 2.24) is 10.6 Å². The summed E-state index contributed by atoms with van der Waals surface area (Å²) in [7, 11) is 0. The summed E-state index contributed by atoms with van der Waals surface area (Å²) in [5.74, 6) is 0.0444. The van der Waals surface area contributed by atoms with E-state index in [-0.39, 0.29) is 23.2 Å². The zero-order valence-corrected chi connectivity index (χ0v) is 26.2. The van der Waals surface area contributed by atoms with Gasteiger partial charge >= 0.3 is 11.9 Å². The summed E-state index contributed by atoms with van der Waals surface area (Å²) in [5, 5.41) is 38.6. The zero-order chi connectivity index (χ0) is 32.4. The van der Waals surface area contributed by atoms with Crippen LogP contribution in [0, 0.1) is 46.8 Å². The highest BCUT2D eigenvalue weighted by atomic mass is 16.6. The van der Waals surface area contributed by atoms with E-state index in [1.54, 1.807) is 13.8 Å². The van der Waals surface area contributed by atoms with Crippen LogP contribution in [0.1, 0.15) is 91.9 Å². The third-order valence-electron chi connectivity index (χ3n) is 11.3. The van der Waals surface area contributed by atoms with E-state index in [1.807, 2.05) is 0 Å². The molecule has 0 saturated heterocycles. The topological polar surface area (TPSA) is 175 Å². The van der Waals surface area contributed by atoms with Crippen LogP contribution in [0.3, 0.4) is 0 Å². The van der Waals surface area contributed by atoms with Crippen LogP contribution in [0.2, 0.25) is 0 Å². The van der Waals surface area contributed by atoms with Crippen LogP contribution < -0.4 is 10.6 Å². The van der Waals surface area contributed by atoms with Crippen molar-refractivity contribution in [2.24, 2.45) is 39.7 Å². The van der Waals surface area contributed by atoms with Crippen LogP contribution >= 0.6 is 0 Å². The van der Waals surface area contributed by atoms with Gasteiger partial charge in [-0.25, -0.2) is 4.79 Å². The van der Waals surface area contributed by atoms with Crippen molar-refractivity contribution < 1.29 is 39.3 Å². The maximum Gasteiger partial charge on any atom is 0.326 e. The average Bonchev–Trinajstić information content (AvgIpc) is 3.24. The van der Waals surface area contributed by atoms with Crippen molar-refractivity contribution in [2.75, 3.05) is 6.61 Å². The molecule has 0 heterocycles. The number of fused-ring (bicyclic) bond motifs is 5. The molecule has 44 heavy (non-hydrogen) atoms. The van der Waals surface area contributed by atoms with Gasteiger partial charge in [-0.05, 0) is 93.0 Å². The molecule has 4 aliphatic rings. The lowest BCUT2D eigenvalue weighted by molar-refractivity contribution is -0.143. The second kappa shape index (κ2) is 12.9. The number of carbonyl (C=O) groups excluding carboxylic acids is 2. The van der Waals surface area contributed by atoms with Crippen LogP contribution in [0.25, 0.3) is 0 Å². The van der Waals surface area contributed by atoms with Gasteiger partial charge in [-0.15, -0.1) is 6.42 Å². The number of carbonyl (C=O) groups is 4. The first-order chi connectivity index (χ1) is 20.6. The van der Waals surface area contributed by atoms with E-state index in [9.17, 15) is 29.4 Å². The molecule has 3 saturated carbocycles. The normalized spacial score (nSPS) is 34.8. The maximum absolute atomic E-state index is 12.8. The summed E-state index contributed by atoms with van der Waals surface area (Å²) in [6.45, 7) is 7.55. The molecule has 2 amide bonds. The van der Waals surface area contributed by atoms with E-state index in [0.29, 0.717) is 30.6 Å². The smallest absolute Gasteiger partial charge is 0.326 e. The highest BCUT2D eigenvalue weighted by molar-refractivity contribution is 5.96. The number of hydrogen-bond acceptors (Lipinski definition) is 7. The Morgan fingerprint density at radius 2 is 1.77 bits per heavy atom. The van der Waals surface area contributed by atoms with Gasteiger partial charge in [-0.3, -0.25) is 14.4 Å². The number of amides is 2. The number of aliphatic carboxylic acids is 2. The Hall–Kier alpha value is -3.39. The molecule has 0 radical (unpaired) electrons. The van der Waals surface area contributed by atoms with Crippen molar-refractivity contribution in [3.05, 3.63) is 11.6 Å². The van der Waals surface area contributed by atoms with Crippen LogP contribution in [-0.2, 0) is 24.0 Å². The van der Waals surface area contributed by atoms with Gasteiger partial charge in [0.25, 0.3) is 5.91 Å². The number of rotatable bonds is 11. The minimum absolute atomic E-state index is 0.0492. The number of carboxylic acid groups (broad SMARTS) is 2. The van der Waals surface area contributed by atoms with Crippen molar-refractivity contribution in [3.8, 4) is 12.3 Å². The van der Waals surface area contributed by atoms with Gasteiger partial charge in [0, 0.05) is 11.8 Å². The molecule has 11 nitrogen and oxygen atoms in total. The number of terminal acetylenes is 1. The maximum atomic E-state index is 12.8. The standard InChI is InChI=1S/C33H47N3O8/c1-6-33(43)16-13-24-22-8-7-20-17-21(11-14-31(20,4)23(22)12-15-32(24,33)5)36-44-18-26(37)35-28(19(2)3)29(40)34-25(30(41)42)9-10-27(38)39/h1,17,19,22-25,28,43H,7-16,18H2,2-5H3,(H,34,40)(H,35,37)(H,38,39)(H,41,42)/b36-21-/t22-,23+,24-,25-,28+,31+,32+,33-/m1/s1. The fourth-order valence-electron chi connectivity index (χ4n) is 8.61. The van der Waals surface area contributed by atoms with Gasteiger partial charge in [0.05, 0.1) is 5.71 Å². The minimum Gasteiger partial charge on any atom is -0.481 e. The summed E-state index contributed by atoms with van der Waals surface area (Å²) >= 11 is 0. The Bertz CT molecular complexity index is 1270. The van der Waals surface area contributed by atoms with Crippen LogP contribution in [0.5, 0.6) is 0 Å². The first kappa shape index (κ1) is 33.5. The highest BCUT2D eigenvalue weighted by Gasteiger charge is 2.63. The number of allylic oxidation sites excluding steroid dienone is 2. The first-order valence-corrected chi connectivity index (χ1v) is 15.8. The fraction of sp³-hybridized carbons (Fsp3) is 0.727. The highest BCUT2D eigenvalue weighted by Crippen LogP contribution is 2.67. The molecule has 0 bridgehead atoms. The van der Waals surface area contributed by atoms with Gasteiger partial charge in [0.15, 0.2) is 6.61 Å². The van der Waals surface area contributed by atoms with Crippen LogP contribution in [0.4, 0.5) is 0 Å². The quantitative estimate of drug-likeness (QED) is 0.174. The molecule has 0 aromatic rings. The second-order valence-electron chi connectivity index (χ2n) is 14.0. The molecule has 0 spiro atoms. The molecule has 242 valence electrons. The fourth-order valence-corrected chi connectivity index (χ4v) is 8.61. The van der Waals surface area contributed by atoms with Crippen LogP contribution in [0.15, 0.2) is 16.8 Å². The number of carboxylic acids is 2. The molecule has 5 N–H and O–H groups in total. The Morgan fingerprint density at radius 3 is 2.41 bits per heavy atom. The van der Waals surface area contributed by atoms with Crippen LogP contribution in [-0.4, -0.2) is 69.1 Å². The molecule has 0 aliphatic heterocycles. The summed E-state index contributed by atoms with van der Waals surface area (Å²) in [5.41, 5.74) is 0.931. The Balaban J connectivity index is 1.34. The summed E-state index contributed by atoms with van der Waals surface area (Å²) in [6.07, 6.45) is 14.5. The van der Waals surface area contributed by atoms with Gasteiger partial charge in [-0.2, -0.15) is 0 Å². The number of nitrogens with one attached hydrogen (secondary N) is 2. The Labute approximate surface area is 259 Å². The lowest BCUT2D eigenvalue weighted by Crippen LogP contribution is -2.54. The monoisotopic (exact) mass is 613 g/mol. The van der Waals surface area contributed by atoms with Gasteiger partial charge < -0.3 is 30.8 Å². The molecule has 8 atom stereocenters. The van der Waals surface area contributed by atoms with E-state index >= 15 is 0 Å². The van der Waals surface area contributed by atoms with E-state index in [4.69, 9.17) is 16.4 Å². The molecule has 4 rings (SSSR count). The molecule has 0 unspecified atom stereocenters. The summed E-state index contributed by atoms with van der Waals surface area (Å²) in [4.78, 5) is 53.1. The predicted molar refractivity (Wildman–Crippen MR) is 162 cm³/mol. The third-order valence-corrected chi connectivity index (χ3v) is 11.3. The summed E-state index contributed by atoms with van der Waals surface area (Å²) < 4.78 is 0. The average molecular weight is 614 g/mol. The van der Waals surface area contributed by atoms with E-state index in [1.165, 1.54) is 5.57 Å². The third kappa shape index (κ3) is 6.37. The number of nitrogens with zero attached hydrogens (tertiary/aromatic N) is 1. The zero-order valence-electron chi connectivity index (χ0n) is 26.2. The minimum atomic E-state index is -1.39. The van der Waals surface area contributed by atoms with Gasteiger partial charge in [0.2, 0.25) is 5.91 Å². The summed E-state index contributed by atoms with van der Waals surface area (Å²) in [6, 6.07) is -2.42. The van der Waals surface area contributed by atoms with E-state index in [2.05, 4.69) is 41.6 Å². The molecule has 3 fully saturated rings. The molecular formula is C33H47N3O8. The van der Waals surface area contributed by atoms with Crippen molar-refractivity contribution in [1.29, 1.82) is 0 Å². The predicted octanol–water partition coefficient (Wildman–Crippen LogP) is 3.26. The Kier molecular flexibility index (Phi) is 9.84. The largest absolute Gasteiger partial charge is 0.481 e. The second-order valence-corrected chi connectivity index (χ2v) is 14.0. The van der Waals surface area contributed by atoms with E-state index < -0.39 is 54.5 Å². The number of oxime groups is 1. The molecular weight excluding hydrogens is 566 g/mol. The van der Waals surface area contributed by atoms with Gasteiger partial charge in [0.1, 0.15) is 17.7 Å². The number of aliphatic hydroxyl groups is 1. The number of hydrogen-bond donors (Lipinski definition) is 5. The van der Waals surface area contributed by atoms with Crippen molar-refractivity contribution in [2.45, 2.75) is 110 Å².